The molecule has 0 unspecified atom stereocenters. The molecule has 1 aromatic carbocycles. The summed E-state index contributed by atoms with van der Waals surface area (Å²) in [5.74, 6) is 0.464. The van der Waals surface area contributed by atoms with E-state index in [0.717, 1.165) is 16.9 Å². The molecule has 104 valence electrons. The monoisotopic (exact) mass is 279 g/mol. The standard InChI is InChI=1S/C17H14FN3/c1-3-12-7-16-14(8-15(12)18)13(9-19)10-21(16)17-6-11(2)4-5-20-17/h4-8,10H,3H2,1-2H3. The van der Waals surface area contributed by atoms with Crippen molar-refractivity contribution in [3.63, 3.8) is 0 Å². The van der Waals surface area contributed by atoms with Crippen LogP contribution in [-0.4, -0.2) is 9.55 Å². The predicted octanol–water partition coefficient (Wildman–Crippen LogP) is 3.91. The number of hydrogen-bond donors (Lipinski definition) is 0. The third-order valence-corrected chi connectivity index (χ3v) is 3.62. The van der Waals surface area contributed by atoms with Gasteiger partial charge in [-0.05, 0) is 48.7 Å². The van der Waals surface area contributed by atoms with Gasteiger partial charge in [0.15, 0.2) is 0 Å². The molecule has 0 fully saturated rings. The molecule has 0 radical (unpaired) electrons. The van der Waals surface area contributed by atoms with E-state index in [-0.39, 0.29) is 5.82 Å². The molecule has 4 heteroatoms. The summed E-state index contributed by atoms with van der Waals surface area (Å²) in [6.07, 6.45) is 4.05. The molecule has 3 rings (SSSR count). The molecular weight excluding hydrogens is 265 g/mol. The molecule has 2 heterocycles. The van der Waals surface area contributed by atoms with Gasteiger partial charge in [-0.15, -0.1) is 0 Å². The number of aromatic nitrogens is 2. The van der Waals surface area contributed by atoms with Gasteiger partial charge in [-0.3, -0.25) is 4.57 Å². The van der Waals surface area contributed by atoms with Gasteiger partial charge >= 0.3 is 0 Å². The smallest absolute Gasteiger partial charge is 0.137 e. The zero-order chi connectivity index (χ0) is 15.0. The van der Waals surface area contributed by atoms with E-state index < -0.39 is 0 Å². The summed E-state index contributed by atoms with van der Waals surface area (Å²) in [6.45, 7) is 3.90. The number of pyridine rings is 1. The zero-order valence-corrected chi connectivity index (χ0v) is 11.9. The van der Waals surface area contributed by atoms with E-state index in [1.54, 1.807) is 18.5 Å². The third-order valence-electron chi connectivity index (χ3n) is 3.62. The first-order chi connectivity index (χ1) is 10.1. The summed E-state index contributed by atoms with van der Waals surface area (Å²) >= 11 is 0. The van der Waals surface area contributed by atoms with Crippen LogP contribution >= 0.6 is 0 Å². The second-order valence-electron chi connectivity index (χ2n) is 5.03. The summed E-state index contributed by atoms with van der Waals surface area (Å²) < 4.78 is 15.8. The van der Waals surface area contributed by atoms with E-state index in [9.17, 15) is 9.65 Å². The van der Waals surface area contributed by atoms with Crippen molar-refractivity contribution in [2.45, 2.75) is 20.3 Å². The minimum absolute atomic E-state index is 0.267. The minimum Gasteiger partial charge on any atom is -0.300 e. The lowest BCUT2D eigenvalue weighted by atomic mass is 10.1. The van der Waals surface area contributed by atoms with Gasteiger partial charge < -0.3 is 0 Å². The number of hydrogen-bond acceptors (Lipinski definition) is 2. The summed E-state index contributed by atoms with van der Waals surface area (Å²) in [5, 5.41) is 9.88. The van der Waals surface area contributed by atoms with Crippen molar-refractivity contribution in [2.24, 2.45) is 0 Å². The Labute approximate surface area is 122 Å². The van der Waals surface area contributed by atoms with E-state index >= 15 is 0 Å². The van der Waals surface area contributed by atoms with Crippen LogP contribution in [0.3, 0.4) is 0 Å². The molecule has 0 aliphatic carbocycles. The van der Waals surface area contributed by atoms with E-state index in [1.165, 1.54) is 6.07 Å². The SMILES string of the molecule is CCc1cc2c(cc1F)c(C#N)cn2-c1cc(C)ccn1. The molecule has 2 aromatic heterocycles. The summed E-state index contributed by atoms with van der Waals surface area (Å²) in [6, 6.07) is 9.22. The fourth-order valence-electron chi connectivity index (χ4n) is 2.49. The molecule has 0 bridgehead atoms. The zero-order valence-electron chi connectivity index (χ0n) is 11.9. The number of benzene rings is 1. The number of nitrogens with zero attached hydrogens (tertiary/aromatic N) is 3. The summed E-state index contributed by atoms with van der Waals surface area (Å²) in [4.78, 5) is 4.35. The average Bonchev–Trinajstić information content (AvgIpc) is 2.84. The normalized spacial score (nSPS) is 10.8. The first kappa shape index (κ1) is 13.3. The van der Waals surface area contributed by atoms with Gasteiger partial charge in [-0.1, -0.05) is 6.92 Å². The first-order valence-corrected chi connectivity index (χ1v) is 6.80. The van der Waals surface area contributed by atoms with Crippen LogP contribution in [-0.2, 0) is 6.42 Å². The Kier molecular flexibility index (Phi) is 3.19. The first-order valence-electron chi connectivity index (χ1n) is 6.80. The number of halogens is 1. The predicted molar refractivity (Wildman–Crippen MR) is 79.9 cm³/mol. The van der Waals surface area contributed by atoms with E-state index in [4.69, 9.17) is 0 Å². The highest BCUT2D eigenvalue weighted by Crippen LogP contribution is 2.27. The molecule has 0 saturated carbocycles. The third kappa shape index (κ3) is 2.17. The van der Waals surface area contributed by atoms with Crippen molar-refractivity contribution in [1.82, 2.24) is 9.55 Å². The molecule has 21 heavy (non-hydrogen) atoms. The maximum absolute atomic E-state index is 14.0. The van der Waals surface area contributed by atoms with Crippen LogP contribution in [0.5, 0.6) is 0 Å². The number of fused-ring (bicyclic) bond motifs is 1. The van der Waals surface area contributed by atoms with E-state index in [0.29, 0.717) is 22.9 Å². The van der Waals surface area contributed by atoms with Crippen LogP contribution in [0.15, 0.2) is 36.7 Å². The molecule has 3 aromatic rings. The Balaban J connectivity index is 2.35. The number of aryl methyl sites for hydroxylation is 2. The van der Waals surface area contributed by atoms with E-state index in [1.807, 2.05) is 30.5 Å². The number of nitriles is 1. The number of rotatable bonds is 2. The molecule has 0 atom stereocenters. The Morgan fingerprint density at radius 3 is 2.81 bits per heavy atom. The van der Waals surface area contributed by atoms with Crippen molar-refractivity contribution in [2.75, 3.05) is 0 Å². The van der Waals surface area contributed by atoms with Gasteiger partial charge in [-0.25, -0.2) is 9.37 Å². The average molecular weight is 279 g/mol. The summed E-state index contributed by atoms with van der Waals surface area (Å²) in [7, 11) is 0. The minimum atomic E-state index is -0.267. The van der Waals surface area contributed by atoms with E-state index in [2.05, 4.69) is 11.1 Å². The van der Waals surface area contributed by atoms with Gasteiger partial charge in [0.05, 0.1) is 11.1 Å². The van der Waals surface area contributed by atoms with Crippen LogP contribution in [0.1, 0.15) is 23.6 Å². The highest BCUT2D eigenvalue weighted by Gasteiger charge is 2.13. The second-order valence-corrected chi connectivity index (χ2v) is 5.03. The largest absolute Gasteiger partial charge is 0.300 e. The van der Waals surface area contributed by atoms with Crippen LogP contribution < -0.4 is 0 Å². The van der Waals surface area contributed by atoms with Gasteiger partial charge in [0.25, 0.3) is 0 Å². The van der Waals surface area contributed by atoms with Gasteiger partial charge in [0.1, 0.15) is 17.7 Å². The molecule has 0 amide bonds. The van der Waals surface area contributed by atoms with Crippen molar-refractivity contribution in [3.05, 3.63) is 59.2 Å². The molecule has 0 aliphatic rings. The Morgan fingerprint density at radius 1 is 1.33 bits per heavy atom. The topological polar surface area (TPSA) is 41.6 Å². The lowest BCUT2D eigenvalue weighted by Crippen LogP contribution is -1.97. The van der Waals surface area contributed by atoms with Gasteiger partial charge in [0.2, 0.25) is 0 Å². The molecule has 0 saturated heterocycles. The fraction of sp³-hybridized carbons (Fsp3) is 0.176. The Bertz CT molecular complexity index is 872. The van der Waals surface area contributed by atoms with Crippen molar-refractivity contribution >= 4 is 10.9 Å². The lowest BCUT2D eigenvalue weighted by Gasteiger charge is -2.07. The Morgan fingerprint density at radius 2 is 2.14 bits per heavy atom. The quantitative estimate of drug-likeness (QED) is 0.713. The highest BCUT2D eigenvalue weighted by atomic mass is 19.1. The van der Waals surface area contributed by atoms with Crippen molar-refractivity contribution < 1.29 is 4.39 Å². The molecule has 0 N–H and O–H groups in total. The lowest BCUT2D eigenvalue weighted by molar-refractivity contribution is 0.614. The van der Waals surface area contributed by atoms with Crippen LogP contribution in [0.25, 0.3) is 16.7 Å². The summed E-state index contributed by atoms with van der Waals surface area (Å²) in [5.41, 5.74) is 2.98. The van der Waals surface area contributed by atoms with Crippen LogP contribution in [0.4, 0.5) is 4.39 Å². The maximum Gasteiger partial charge on any atom is 0.137 e. The second kappa shape index (κ2) is 5.02. The molecule has 0 aliphatic heterocycles. The highest BCUT2D eigenvalue weighted by molar-refractivity contribution is 5.88. The van der Waals surface area contributed by atoms with Gasteiger partial charge in [-0.2, -0.15) is 5.26 Å². The molecular formula is C17H14FN3. The molecule has 0 spiro atoms. The Hall–Kier alpha value is -2.67. The maximum atomic E-state index is 14.0. The van der Waals surface area contributed by atoms with Gasteiger partial charge in [0, 0.05) is 17.8 Å². The fourth-order valence-corrected chi connectivity index (χ4v) is 2.49. The van der Waals surface area contributed by atoms with Crippen molar-refractivity contribution in [3.8, 4) is 11.9 Å². The van der Waals surface area contributed by atoms with Crippen LogP contribution in [0, 0.1) is 24.1 Å². The van der Waals surface area contributed by atoms with Crippen LogP contribution in [0.2, 0.25) is 0 Å². The van der Waals surface area contributed by atoms with Crippen molar-refractivity contribution in [1.29, 1.82) is 5.26 Å². The molecule has 3 nitrogen and oxygen atoms in total.